The van der Waals surface area contributed by atoms with Crippen LogP contribution in [0.2, 0.25) is 4.34 Å². The van der Waals surface area contributed by atoms with E-state index in [4.69, 9.17) is 11.6 Å². The lowest BCUT2D eigenvalue weighted by atomic mass is 10.1. The molecule has 8 heteroatoms. The maximum atomic E-state index is 12.6. The zero-order chi connectivity index (χ0) is 18.7. The van der Waals surface area contributed by atoms with Crippen molar-refractivity contribution in [2.45, 2.75) is 36.9 Å². The van der Waals surface area contributed by atoms with Crippen molar-refractivity contribution in [1.82, 2.24) is 4.57 Å². The number of sulfonamides is 1. The number of halogens is 1. The zero-order valence-electron chi connectivity index (χ0n) is 14.3. The van der Waals surface area contributed by atoms with E-state index in [1.165, 1.54) is 23.0 Å². The van der Waals surface area contributed by atoms with Crippen LogP contribution in [0.3, 0.4) is 0 Å². The van der Waals surface area contributed by atoms with Crippen LogP contribution in [0.5, 0.6) is 0 Å². The maximum absolute atomic E-state index is 12.6. The summed E-state index contributed by atoms with van der Waals surface area (Å²) < 4.78 is 32.8. The zero-order valence-corrected chi connectivity index (χ0v) is 17.5. The normalized spacial score (nSPS) is 12.8. The first-order chi connectivity index (χ1) is 12.4. The van der Waals surface area contributed by atoms with Crippen molar-refractivity contribution in [3.05, 3.63) is 57.7 Å². The average molecular weight is 427 g/mol. The van der Waals surface area contributed by atoms with E-state index in [1.807, 2.05) is 10.6 Å². The van der Waals surface area contributed by atoms with Crippen molar-refractivity contribution in [2.24, 2.45) is 4.40 Å². The number of aromatic nitrogens is 1. The van der Waals surface area contributed by atoms with Crippen molar-refractivity contribution in [1.29, 1.82) is 0 Å². The Balaban J connectivity index is 2.14. The molecule has 1 aromatic carbocycles. The molecule has 0 saturated heterocycles. The number of thiophene rings is 1. The molecule has 138 valence electrons. The standard InChI is InChI=1S/C18H19ClN2O2S3/c1-3-5-6-13-7-8-14-15(12-13)24-18(21(14)11-4-2)20-26(22,23)17-10-9-16(19)25-17/h4,7-10,12H,2-3,5-6,11H2,1H3/b20-18-. The number of hydrogen-bond donors (Lipinski definition) is 0. The highest BCUT2D eigenvalue weighted by Gasteiger charge is 2.17. The third-order valence-electron chi connectivity index (χ3n) is 3.88. The molecule has 2 aromatic heterocycles. The van der Waals surface area contributed by atoms with Gasteiger partial charge in [-0.1, -0.05) is 48.4 Å². The Kier molecular flexibility index (Phi) is 6.02. The van der Waals surface area contributed by atoms with Gasteiger partial charge >= 0.3 is 0 Å². The minimum absolute atomic E-state index is 0.147. The molecular formula is C18H19ClN2O2S3. The maximum Gasteiger partial charge on any atom is 0.294 e. The molecule has 2 heterocycles. The van der Waals surface area contributed by atoms with Crippen molar-refractivity contribution in [2.75, 3.05) is 0 Å². The number of benzene rings is 1. The van der Waals surface area contributed by atoms with E-state index in [1.54, 1.807) is 12.1 Å². The van der Waals surface area contributed by atoms with Gasteiger partial charge in [0.15, 0.2) is 0 Å². The van der Waals surface area contributed by atoms with Crippen molar-refractivity contribution >= 4 is 54.5 Å². The smallest absolute Gasteiger partial charge is 0.294 e. The van der Waals surface area contributed by atoms with Gasteiger partial charge in [0.2, 0.25) is 4.80 Å². The van der Waals surface area contributed by atoms with Gasteiger partial charge in [0.05, 0.1) is 14.6 Å². The number of allylic oxidation sites excluding steroid dienone is 1. The third-order valence-corrected chi connectivity index (χ3v) is 8.00. The van der Waals surface area contributed by atoms with Gasteiger partial charge in [-0.15, -0.1) is 22.3 Å². The number of fused-ring (bicyclic) bond motifs is 1. The molecule has 0 spiro atoms. The van der Waals surface area contributed by atoms with Crippen LogP contribution in [0.25, 0.3) is 10.2 Å². The summed E-state index contributed by atoms with van der Waals surface area (Å²) in [4.78, 5) is 0.442. The first-order valence-corrected chi connectivity index (χ1v) is 11.7. The first-order valence-electron chi connectivity index (χ1n) is 8.24. The molecule has 3 rings (SSSR count). The lowest BCUT2D eigenvalue weighted by molar-refractivity contribution is 0.598. The van der Waals surface area contributed by atoms with E-state index >= 15 is 0 Å². The monoisotopic (exact) mass is 426 g/mol. The molecular weight excluding hydrogens is 408 g/mol. The van der Waals surface area contributed by atoms with Gasteiger partial charge in [-0.05, 0) is 42.7 Å². The van der Waals surface area contributed by atoms with Crippen LogP contribution in [-0.2, 0) is 23.0 Å². The summed E-state index contributed by atoms with van der Waals surface area (Å²) >= 11 is 8.26. The minimum Gasteiger partial charge on any atom is -0.312 e. The quantitative estimate of drug-likeness (QED) is 0.485. The molecule has 0 radical (unpaired) electrons. The molecule has 0 bridgehead atoms. The fourth-order valence-corrected chi connectivity index (χ4v) is 6.38. The molecule has 0 aliphatic rings. The van der Waals surface area contributed by atoms with Crippen molar-refractivity contribution in [3.63, 3.8) is 0 Å². The van der Waals surface area contributed by atoms with Crippen molar-refractivity contribution in [3.8, 4) is 0 Å². The Morgan fingerprint density at radius 1 is 1.27 bits per heavy atom. The van der Waals surface area contributed by atoms with Gasteiger partial charge in [-0.3, -0.25) is 0 Å². The first kappa shape index (κ1) is 19.4. The summed E-state index contributed by atoms with van der Waals surface area (Å²) in [5.41, 5.74) is 2.22. The van der Waals surface area contributed by atoms with Crippen LogP contribution in [0.15, 0.2) is 51.6 Å². The summed E-state index contributed by atoms with van der Waals surface area (Å²) in [7, 11) is -3.79. The Labute approximate surface area is 166 Å². The van der Waals surface area contributed by atoms with Crippen LogP contribution in [0.1, 0.15) is 25.3 Å². The molecule has 0 atom stereocenters. The average Bonchev–Trinajstić information content (AvgIpc) is 3.17. The van der Waals surface area contributed by atoms with Crippen LogP contribution in [0, 0.1) is 0 Å². The number of hydrogen-bond acceptors (Lipinski definition) is 4. The van der Waals surface area contributed by atoms with Gasteiger partial charge in [-0.25, -0.2) is 0 Å². The summed E-state index contributed by atoms with van der Waals surface area (Å²) in [5.74, 6) is 0. The summed E-state index contributed by atoms with van der Waals surface area (Å²) in [6.07, 6.45) is 5.03. The number of aryl methyl sites for hydroxylation is 1. The van der Waals surface area contributed by atoms with Gasteiger partial charge in [-0.2, -0.15) is 8.42 Å². The number of rotatable bonds is 7. The summed E-state index contributed by atoms with van der Waals surface area (Å²) in [6, 6.07) is 9.32. The second kappa shape index (κ2) is 8.08. The number of thiazole rings is 1. The van der Waals surface area contributed by atoms with Gasteiger partial charge in [0, 0.05) is 6.54 Å². The van der Waals surface area contributed by atoms with E-state index in [2.05, 4.69) is 30.0 Å². The van der Waals surface area contributed by atoms with E-state index < -0.39 is 10.0 Å². The van der Waals surface area contributed by atoms with Gasteiger partial charge in [0.1, 0.15) is 4.21 Å². The third kappa shape index (κ3) is 4.11. The van der Waals surface area contributed by atoms with E-state index in [-0.39, 0.29) is 4.21 Å². The number of unbranched alkanes of at least 4 members (excludes halogenated alkanes) is 1. The highest BCUT2D eigenvalue weighted by Crippen LogP contribution is 2.27. The predicted octanol–water partition coefficient (Wildman–Crippen LogP) is 5.24. The molecule has 0 aliphatic carbocycles. The van der Waals surface area contributed by atoms with Gasteiger partial charge in [0.25, 0.3) is 10.0 Å². The Morgan fingerprint density at radius 2 is 2.08 bits per heavy atom. The summed E-state index contributed by atoms with van der Waals surface area (Å²) in [6.45, 7) is 6.44. The molecule has 3 aromatic rings. The van der Waals surface area contributed by atoms with Crippen LogP contribution < -0.4 is 4.80 Å². The van der Waals surface area contributed by atoms with E-state index in [0.717, 1.165) is 40.8 Å². The molecule has 26 heavy (non-hydrogen) atoms. The fourth-order valence-electron chi connectivity index (χ4n) is 2.61. The van der Waals surface area contributed by atoms with E-state index in [9.17, 15) is 8.42 Å². The lowest BCUT2D eigenvalue weighted by Gasteiger charge is -2.03. The largest absolute Gasteiger partial charge is 0.312 e. The predicted molar refractivity (Wildman–Crippen MR) is 111 cm³/mol. The van der Waals surface area contributed by atoms with Crippen LogP contribution in [0.4, 0.5) is 0 Å². The van der Waals surface area contributed by atoms with Crippen molar-refractivity contribution < 1.29 is 8.42 Å². The van der Waals surface area contributed by atoms with Crippen LogP contribution >= 0.6 is 34.3 Å². The second-order valence-corrected chi connectivity index (χ2v) is 10.4. The number of nitrogens with zero attached hydrogens (tertiary/aromatic N) is 2. The second-order valence-electron chi connectivity index (χ2n) is 5.81. The Morgan fingerprint density at radius 3 is 2.73 bits per heavy atom. The van der Waals surface area contributed by atoms with E-state index in [0.29, 0.717) is 15.7 Å². The molecule has 0 amide bonds. The Bertz CT molecular complexity index is 1110. The van der Waals surface area contributed by atoms with Gasteiger partial charge < -0.3 is 4.57 Å². The molecule has 4 nitrogen and oxygen atoms in total. The Hall–Kier alpha value is -1.41. The molecule has 0 unspecified atom stereocenters. The summed E-state index contributed by atoms with van der Waals surface area (Å²) in [5, 5.41) is 0. The molecule has 0 aliphatic heterocycles. The minimum atomic E-state index is -3.79. The molecule has 0 saturated carbocycles. The lowest BCUT2D eigenvalue weighted by Crippen LogP contribution is -2.16. The topological polar surface area (TPSA) is 51.4 Å². The SMILES string of the molecule is C=CCn1/c(=N/S(=O)(=O)c2ccc(Cl)s2)sc2cc(CCCC)ccc21. The molecule has 0 N–H and O–H groups in total. The highest BCUT2D eigenvalue weighted by molar-refractivity contribution is 7.92. The van der Waals surface area contributed by atoms with Crippen LogP contribution in [-0.4, -0.2) is 13.0 Å². The molecule has 0 fully saturated rings. The highest BCUT2D eigenvalue weighted by atomic mass is 35.5. The fraction of sp³-hybridized carbons (Fsp3) is 0.278.